The standard InChI is InChI=1S/C15H19N3O/c1-18-9-11(7-14(18)19)15-10(8-16)4-5-13-12(15)3-2-6-17-13/h4-5,10-11,15,17H,2-3,6-7,9H2,1H3. The Kier molecular flexibility index (Phi) is 3.06. The third-order valence-electron chi connectivity index (χ3n) is 4.57. The molecule has 0 aromatic carbocycles. The first-order chi connectivity index (χ1) is 9.20. The normalized spacial score (nSPS) is 34.0. The van der Waals surface area contributed by atoms with Gasteiger partial charge in [0.2, 0.25) is 5.91 Å². The van der Waals surface area contributed by atoms with E-state index in [1.807, 2.05) is 13.1 Å². The number of nitriles is 1. The number of likely N-dealkylation sites (tertiary alicyclic amines) is 1. The second kappa shape index (κ2) is 4.73. The molecule has 3 rings (SSSR count). The highest BCUT2D eigenvalue weighted by atomic mass is 16.2. The van der Waals surface area contributed by atoms with E-state index in [1.165, 1.54) is 11.3 Å². The molecule has 0 radical (unpaired) electrons. The quantitative estimate of drug-likeness (QED) is 0.773. The van der Waals surface area contributed by atoms with Gasteiger partial charge < -0.3 is 10.2 Å². The number of rotatable bonds is 1. The number of hydrogen-bond acceptors (Lipinski definition) is 3. The van der Waals surface area contributed by atoms with Crippen molar-refractivity contribution in [3.05, 3.63) is 23.4 Å². The Bertz CT molecular complexity index is 500. The molecule has 1 aliphatic carbocycles. The van der Waals surface area contributed by atoms with E-state index in [1.54, 1.807) is 4.90 Å². The van der Waals surface area contributed by atoms with Gasteiger partial charge in [-0.2, -0.15) is 5.26 Å². The molecule has 1 saturated heterocycles. The lowest BCUT2D eigenvalue weighted by Crippen LogP contribution is -2.34. The van der Waals surface area contributed by atoms with Crippen LogP contribution in [0.5, 0.6) is 0 Å². The zero-order valence-corrected chi connectivity index (χ0v) is 11.2. The topological polar surface area (TPSA) is 56.1 Å². The van der Waals surface area contributed by atoms with Crippen molar-refractivity contribution in [1.82, 2.24) is 10.2 Å². The largest absolute Gasteiger partial charge is 0.385 e. The maximum absolute atomic E-state index is 11.8. The van der Waals surface area contributed by atoms with Gasteiger partial charge in [0.15, 0.2) is 0 Å². The molecule has 0 spiro atoms. The van der Waals surface area contributed by atoms with E-state index >= 15 is 0 Å². The summed E-state index contributed by atoms with van der Waals surface area (Å²) in [7, 11) is 1.86. The van der Waals surface area contributed by atoms with Crippen molar-refractivity contribution < 1.29 is 4.79 Å². The van der Waals surface area contributed by atoms with Gasteiger partial charge in [-0.3, -0.25) is 4.79 Å². The van der Waals surface area contributed by atoms with E-state index in [0.29, 0.717) is 6.42 Å². The molecular formula is C15H19N3O. The maximum atomic E-state index is 11.8. The summed E-state index contributed by atoms with van der Waals surface area (Å²) < 4.78 is 0. The van der Waals surface area contributed by atoms with E-state index in [4.69, 9.17) is 0 Å². The molecule has 4 nitrogen and oxygen atoms in total. The van der Waals surface area contributed by atoms with Crippen molar-refractivity contribution >= 4 is 5.91 Å². The number of hydrogen-bond donors (Lipinski definition) is 1. The monoisotopic (exact) mass is 257 g/mol. The third-order valence-corrected chi connectivity index (χ3v) is 4.57. The lowest BCUT2D eigenvalue weighted by molar-refractivity contribution is -0.126. The highest BCUT2D eigenvalue weighted by molar-refractivity contribution is 5.78. The molecule has 3 atom stereocenters. The van der Waals surface area contributed by atoms with Gasteiger partial charge in [0.25, 0.3) is 0 Å². The molecular weight excluding hydrogens is 238 g/mol. The number of carbonyl (C=O) groups excluding carboxylic acids is 1. The molecule has 100 valence electrons. The van der Waals surface area contributed by atoms with Crippen LogP contribution in [0.1, 0.15) is 19.3 Å². The number of amides is 1. The van der Waals surface area contributed by atoms with Crippen LogP contribution in [0.25, 0.3) is 0 Å². The molecule has 2 heterocycles. The van der Waals surface area contributed by atoms with Crippen LogP contribution in [-0.4, -0.2) is 30.9 Å². The Morgan fingerprint density at radius 1 is 1.53 bits per heavy atom. The van der Waals surface area contributed by atoms with Gasteiger partial charge in [-0.05, 0) is 30.4 Å². The summed E-state index contributed by atoms with van der Waals surface area (Å²) >= 11 is 0. The number of nitrogens with one attached hydrogen (secondary N) is 1. The lowest BCUT2D eigenvalue weighted by Gasteiger charge is -2.35. The van der Waals surface area contributed by atoms with E-state index in [2.05, 4.69) is 17.5 Å². The van der Waals surface area contributed by atoms with Gasteiger partial charge in [-0.15, -0.1) is 0 Å². The summed E-state index contributed by atoms with van der Waals surface area (Å²) in [6.07, 6.45) is 6.83. The summed E-state index contributed by atoms with van der Waals surface area (Å²) in [6, 6.07) is 2.42. The first kappa shape index (κ1) is 12.3. The summed E-state index contributed by atoms with van der Waals surface area (Å²) in [5.74, 6) is 0.633. The number of carbonyl (C=O) groups is 1. The molecule has 0 bridgehead atoms. The Morgan fingerprint density at radius 2 is 2.37 bits per heavy atom. The second-order valence-corrected chi connectivity index (χ2v) is 5.75. The van der Waals surface area contributed by atoms with Crippen LogP contribution >= 0.6 is 0 Å². The van der Waals surface area contributed by atoms with Crippen molar-refractivity contribution in [2.45, 2.75) is 19.3 Å². The van der Waals surface area contributed by atoms with Gasteiger partial charge in [0.05, 0.1) is 12.0 Å². The number of nitrogens with zero attached hydrogens (tertiary/aromatic N) is 2. The average molecular weight is 257 g/mol. The Hall–Kier alpha value is -1.76. The molecule has 19 heavy (non-hydrogen) atoms. The van der Waals surface area contributed by atoms with Crippen LogP contribution in [0.15, 0.2) is 23.4 Å². The maximum Gasteiger partial charge on any atom is 0.222 e. The zero-order chi connectivity index (χ0) is 13.4. The van der Waals surface area contributed by atoms with Crippen molar-refractivity contribution in [2.24, 2.45) is 17.8 Å². The van der Waals surface area contributed by atoms with Crippen LogP contribution < -0.4 is 5.32 Å². The van der Waals surface area contributed by atoms with E-state index in [0.717, 1.165) is 25.9 Å². The molecule has 0 aromatic heterocycles. The molecule has 0 aromatic rings. The molecule has 4 heteroatoms. The summed E-state index contributed by atoms with van der Waals surface area (Å²) in [6.45, 7) is 1.79. The van der Waals surface area contributed by atoms with E-state index < -0.39 is 0 Å². The summed E-state index contributed by atoms with van der Waals surface area (Å²) in [4.78, 5) is 13.6. The zero-order valence-electron chi connectivity index (χ0n) is 11.2. The summed E-state index contributed by atoms with van der Waals surface area (Å²) in [5, 5.41) is 12.8. The Labute approximate surface area is 113 Å². The fourth-order valence-corrected chi connectivity index (χ4v) is 3.64. The van der Waals surface area contributed by atoms with Gasteiger partial charge >= 0.3 is 0 Å². The first-order valence-electron chi connectivity index (χ1n) is 6.99. The Balaban J connectivity index is 1.92. The van der Waals surface area contributed by atoms with Crippen LogP contribution in [0.2, 0.25) is 0 Å². The minimum Gasteiger partial charge on any atom is -0.385 e. The van der Waals surface area contributed by atoms with Crippen LogP contribution in [0.3, 0.4) is 0 Å². The first-order valence-corrected chi connectivity index (χ1v) is 6.99. The highest BCUT2D eigenvalue weighted by Crippen LogP contribution is 2.41. The lowest BCUT2D eigenvalue weighted by atomic mass is 9.71. The molecule has 2 aliphatic heterocycles. The van der Waals surface area contributed by atoms with Crippen molar-refractivity contribution in [2.75, 3.05) is 20.1 Å². The fourth-order valence-electron chi connectivity index (χ4n) is 3.64. The van der Waals surface area contributed by atoms with E-state index in [9.17, 15) is 10.1 Å². The molecule has 0 saturated carbocycles. The third kappa shape index (κ3) is 2.03. The van der Waals surface area contributed by atoms with Crippen molar-refractivity contribution in [1.29, 1.82) is 5.26 Å². The number of allylic oxidation sites excluding steroid dienone is 3. The SMILES string of the molecule is CN1CC(C2C3=C(C=CC2C#N)NCCC3)CC1=O. The predicted molar refractivity (Wildman–Crippen MR) is 71.7 cm³/mol. The minimum atomic E-state index is -0.0806. The smallest absolute Gasteiger partial charge is 0.222 e. The van der Waals surface area contributed by atoms with Gasteiger partial charge in [0.1, 0.15) is 0 Å². The van der Waals surface area contributed by atoms with Crippen molar-refractivity contribution in [3.63, 3.8) is 0 Å². The predicted octanol–water partition coefficient (Wildman–Crippen LogP) is 1.43. The average Bonchev–Trinajstić information content (AvgIpc) is 2.77. The summed E-state index contributed by atoms with van der Waals surface area (Å²) in [5.41, 5.74) is 2.57. The van der Waals surface area contributed by atoms with Crippen LogP contribution in [-0.2, 0) is 4.79 Å². The van der Waals surface area contributed by atoms with Crippen LogP contribution in [0.4, 0.5) is 0 Å². The fraction of sp³-hybridized carbons (Fsp3) is 0.600. The van der Waals surface area contributed by atoms with Gasteiger partial charge in [-0.1, -0.05) is 6.08 Å². The molecule has 3 unspecified atom stereocenters. The van der Waals surface area contributed by atoms with Crippen molar-refractivity contribution in [3.8, 4) is 6.07 Å². The van der Waals surface area contributed by atoms with Crippen LogP contribution in [0, 0.1) is 29.1 Å². The molecule has 1 amide bonds. The highest BCUT2D eigenvalue weighted by Gasteiger charge is 2.40. The van der Waals surface area contributed by atoms with E-state index in [-0.39, 0.29) is 23.7 Å². The second-order valence-electron chi connectivity index (χ2n) is 5.75. The molecule has 3 aliphatic rings. The molecule has 1 N–H and O–H groups in total. The molecule has 1 fully saturated rings. The minimum absolute atomic E-state index is 0.0806. The van der Waals surface area contributed by atoms with Gasteiger partial charge in [0, 0.05) is 38.2 Å². The Morgan fingerprint density at radius 3 is 3.05 bits per heavy atom. The van der Waals surface area contributed by atoms with Gasteiger partial charge in [-0.25, -0.2) is 0 Å².